The lowest BCUT2D eigenvalue weighted by Crippen LogP contribution is -2.26. The van der Waals surface area contributed by atoms with Gasteiger partial charge in [0.25, 0.3) is 0 Å². The molecule has 0 unspecified atom stereocenters. The van der Waals surface area contributed by atoms with E-state index in [-0.39, 0.29) is 5.91 Å². The summed E-state index contributed by atoms with van der Waals surface area (Å²) in [4.78, 5) is 11.3. The summed E-state index contributed by atoms with van der Waals surface area (Å²) in [5.74, 6) is 0.160. The minimum Gasteiger partial charge on any atom is -0.383 e. The molecule has 3 nitrogen and oxygen atoms in total. The molecule has 0 aliphatic carbocycles. The van der Waals surface area contributed by atoms with Crippen LogP contribution in [-0.2, 0) is 9.53 Å². The minimum atomic E-state index is 0.160. The first-order valence-electron chi connectivity index (χ1n) is 7.07. The molecular weight excluding hydrogens is 214 g/mol. The Balaban J connectivity index is 3.08. The maximum Gasteiger partial charge on any atom is 0.220 e. The van der Waals surface area contributed by atoms with E-state index >= 15 is 0 Å². The summed E-state index contributed by atoms with van der Waals surface area (Å²) in [6.07, 6.45) is 10.9. The number of ether oxygens (including phenoxy) is 1. The number of carbonyl (C=O) groups excluding carboxylic acids is 1. The number of amides is 1. The van der Waals surface area contributed by atoms with Crippen LogP contribution in [0.5, 0.6) is 0 Å². The third-order valence-electron chi connectivity index (χ3n) is 2.89. The van der Waals surface area contributed by atoms with E-state index in [0.717, 1.165) is 6.42 Å². The van der Waals surface area contributed by atoms with Crippen LogP contribution in [-0.4, -0.2) is 26.2 Å². The summed E-state index contributed by atoms with van der Waals surface area (Å²) in [6, 6.07) is 0. The first-order chi connectivity index (χ1) is 8.31. The molecule has 0 saturated carbocycles. The number of hydrogen-bond donors (Lipinski definition) is 1. The average Bonchev–Trinajstić information content (AvgIpc) is 2.33. The molecule has 0 rings (SSSR count). The van der Waals surface area contributed by atoms with Crippen molar-refractivity contribution in [3.63, 3.8) is 0 Å². The highest BCUT2D eigenvalue weighted by Gasteiger charge is 1.99. The highest BCUT2D eigenvalue weighted by molar-refractivity contribution is 5.75. The molecule has 1 N–H and O–H groups in total. The van der Waals surface area contributed by atoms with E-state index < -0.39 is 0 Å². The van der Waals surface area contributed by atoms with Crippen LogP contribution in [0.15, 0.2) is 0 Å². The van der Waals surface area contributed by atoms with E-state index in [1.807, 2.05) is 0 Å². The van der Waals surface area contributed by atoms with E-state index in [1.165, 1.54) is 44.9 Å². The Morgan fingerprint density at radius 3 is 2.18 bits per heavy atom. The standard InChI is InChI=1S/C14H29NO2/c1-3-4-5-6-7-8-9-10-11-14(16)15-12-13-17-2/h3-13H2,1-2H3,(H,15,16). The van der Waals surface area contributed by atoms with Gasteiger partial charge in [-0.2, -0.15) is 0 Å². The fourth-order valence-electron chi connectivity index (χ4n) is 1.80. The lowest BCUT2D eigenvalue weighted by atomic mass is 10.1. The summed E-state index contributed by atoms with van der Waals surface area (Å²) in [5.41, 5.74) is 0. The summed E-state index contributed by atoms with van der Waals surface area (Å²) in [6.45, 7) is 3.47. The fraction of sp³-hybridized carbons (Fsp3) is 0.929. The van der Waals surface area contributed by atoms with Crippen LogP contribution in [0.1, 0.15) is 64.7 Å². The van der Waals surface area contributed by atoms with E-state index in [2.05, 4.69) is 12.2 Å². The molecule has 0 saturated heterocycles. The van der Waals surface area contributed by atoms with Gasteiger partial charge in [0, 0.05) is 20.1 Å². The quantitative estimate of drug-likeness (QED) is 0.534. The van der Waals surface area contributed by atoms with Crippen molar-refractivity contribution in [2.75, 3.05) is 20.3 Å². The molecule has 0 radical (unpaired) electrons. The van der Waals surface area contributed by atoms with E-state index in [0.29, 0.717) is 19.6 Å². The van der Waals surface area contributed by atoms with Crippen molar-refractivity contribution in [1.82, 2.24) is 5.32 Å². The molecule has 17 heavy (non-hydrogen) atoms. The van der Waals surface area contributed by atoms with Gasteiger partial charge in [-0.15, -0.1) is 0 Å². The van der Waals surface area contributed by atoms with Crippen LogP contribution in [0.4, 0.5) is 0 Å². The topological polar surface area (TPSA) is 38.3 Å². The smallest absolute Gasteiger partial charge is 0.220 e. The third-order valence-corrected chi connectivity index (χ3v) is 2.89. The van der Waals surface area contributed by atoms with Crippen molar-refractivity contribution in [3.8, 4) is 0 Å². The molecule has 0 atom stereocenters. The number of nitrogens with one attached hydrogen (secondary N) is 1. The zero-order valence-electron chi connectivity index (χ0n) is 11.6. The summed E-state index contributed by atoms with van der Waals surface area (Å²) >= 11 is 0. The molecule has 102 valence electrons. The Bertz CT molecular complexity index is 172. The van der Waals surface area contributed by atoms with Gasteiger partial charge in [-0.3, -0.25) is 4.79 Å². The van der Waals surface area contributed by atoms with Gasteiger partial charge in [-0.1, -0.05) is 51.9 Å². The van der Waals surface area contributed by atoms with Crippen LogP contribution >= 0.6 is 0 Å². The largest absolute Gasteiger partial charge is 0.383 e. The maximum atomic E-state index is 11.3. The second kappa shape index (κ2) is 13.5. The molecule has 3 heteroatoms. The van der Waals surface area contributed by atoms with Crippen LogP contribution < -0.4 is 5.32 Å². The van der Waals surface area contributed by atoms with Gasteiger partial charge in [0.2, 0.25) is 5.91 Å². The summed E-state index contributed by atoms with van der Waals surface area (Å²) in [7, 11) is 1.64. The molecule has 0 bridgehead atoms. The predicted molar refractivity (Wildman–Crippen MR) is 72.1 cm³/mol. The van der Waals surface area contributed by atoms with Gasteiger partial charge in [0.05, 0.1) is 6.61 Å². The van der Waals surface area contributed by atoms with Crippen LogP contribution in [0, 0.1) is 0 Å². The summed E-state index contributed by atoms with van der Waals surface area (Å²) < 4.78 is 4.87. The highest BCUT2D eigenvalue weighted by atomic mass is 16.5. The molecule has 1 amide bonds. The second-order valence-electron chi connectivity index (χ2n) is 4.57. The first-order valence-corrected chi connectivity index (χ1v) is 7.07. The van der Waals surface area contributed by atoms with Gasteiger partial charge in [0.15, 0.2) is 0 Å². The number of unbranched alkanes of at least 4 members (excludes halogenated alkanes) is 7. The van der Waals surface area contributed by atoms with Gasteiger partial charge in [-0.05, 0) is 6.42 Å². The molecule has 0 aliphatic heterocycles. The molecule has 0 aromatic rings. The summed E-state index contributed by atoms with van der Waals surface area (Å²) in [5, 5.41) is 2.84. The van der Waals surface area contributed by atoms with Gasteiger partial charge >= 0.3 is 0 Å². The Morgan fingerprint density at radius 1 is 1.00 bits per heavy atom. The average molecular weight is 243 g/mol. The van der Waals surface area contributed by atoms with Crippen LogP contribution in [0.3, 0.4) is 0 Å². The molecule has 0 fully saturated rings. The van der Waals surface area contributed by atoms with Crippen molar-refractivity contribution < 1.29 is 9.53 Å². The molecule has 0 spiro atoms. The Hall–Kier alpha value is -0.570. The van der Waals surface area contributed by atoms with Crippen molar-refractivity contribution >= 4 is 5.91 Å². The normalized spacial score (nSPS) is 10.5. The Morgan fingerprint density at radius 2 is 1.59 bits per heavy atom. The Kier molecular flexibility index (Phi) is 13.0. The SMILES string of the molecule is CCCCCCCCCCC(=O)NCCOC. The monoisotopic (exact) mass is 243 g/mol. The predicted octanol–water partition coefficient (Wildman–Crippen LogP) is 3.28. The third kappa shape index (κ3) is 13.4. The molecule has 0 aromatic carbocycles. The second-order valence-corrected chi connectivity index (χ2v) is 4.57. The maximum absolute atomic E-state index is 11.3. The molecular formula is C14H29NO2. The number of rotatable bonds is 12. The van der Waals surface area contributed by atoms with Gasteiger partial charge in [-0.25, -0.2) is 0 Å². The van der Waals surface area contributed by atoms with Crippen molar-refractivity contribution in [3.05, 3.63) is 0 Å². The Labute approximate surface area is 106 Å². The minimum absolute atomic E-state index is 0.160. The molecule has 0 heterocycles. The van der Waals surface area contributed by atoms with Crippen LogP contribution in [0.25, 0.3) is 0 Å². The number of carbonyl (C=O) groups is 1. The zero-order valence-corrected chi connectivity index (χ0v) is 11.6. The van der Waals surface area contributed by atoms with Crippen molar-refractivity contribution in [1.29, 1.82) is 0 Å². The molecule has 0 aromatic heterocycles. The highest BCUT2D eigenvalue weighted by Crippen LogP contribution is 2.09. The first kappa shape index (κ1) is 16.4. The van der Waals surface area contributed by atoms with Crippen molar-refractivity contribution in [2.24, 2.45) is 0 Å². The van der Waals surface area contributed by atoms with Gasteiger partial charge < -0.3 is 10.1 Å². The van der Waals surface area contributed by atoms with E-state index in [1.54, 1.807) is 7.11 Å². The lowest BCUT2D eigenvalue weighted by molar-refractivity contribution is -0.121. The fourth-order valence-corrected chi connectivity index (χ4v) is 1.80. The number of methoxy groups -OCH3 is 1. The van der Waals surface area contributed by atoms with E-state index in [9.17, 15) is 4.79 Å². The van der Waals surface area contributed by atoms with Crippen LogP contribution in [0.2, 0.25) is 0 Å². The zero-order chi connectivity index (χ0) is 12.8. The van der Waals surface area contributed by atoms with Crippen molar-refractivity contribution in [2.45, 2.75) is 64.7 Å². The van der Waals surface area contributed by atoms with E-state index in [4.69, 9.17) is 4.74 Å². The molecule has 0 aliphatic rings. The lowest BCUT2D eigenvalue weighted by Gasteiger charge is -2.04. The van der Waals surface area contributed by atoms with Gasteiger partial charge in [0.1, 0.15) is 0 Å². The number of hydrogen-bond acceptors (Lipinski definition) is 2.